The van der Waals surface area contributed by atoms with Crippen LogP contribution in [0.25, 0.3) is 22.9 Å². The number of furan rings is 2. The second kappa shape index (κ2) is 8.32. The average Bonchev–Trinajstić information content (AvgIpc) is 3.46. The van der Waals surface area contributed by atoms with Crippen molar-refractivity contribution >= 4 is 17.5 Å². The number of Topliss-reactive ketones (excluding diaryl/α,β-unsaturated/α-hetero) is 1. The van der Waals surface area contributed by atoms with Crippen LogP contribution in [0.15, 0.2) is 69.0 Å². The lowest BCUT2D eigenvalue weighted by molar-refractivity contribution is 0.101. The van der Waals surface area contributed by atoms with Gasteiger partial charge in [0.2, 0.25) is 5.16 Å². The molecule has 0 atom stereocenters. The highest BCUT2D eigenvalue weighted by Gasteiger charge is 2.19. The first-order valence-electron chi connectivity index (χ1n) is 8.79. The molecule has 0 amide bonds. The maximum atomic E-state index is 12.7. The Labute approximate surface area is 171 Å². The molecule has 146 valence electrons. The molecule has 0 unspecified atom stereocenters. The number of aryl methyl sites for hydroxylation is 1. The van der Waals surface area contributed by atoms with Gasteiger partial charge in [-0.15, -0.1) is 10.2 Å². The molecule has 0 spiro atoms. The Balaban J connectivity index is 1.59. The summed E-state index contributed by atoms with van der Waals surface area (Å²) in [5.41, 5.74) is 2.50. The van der Waals surface area contributed by atoms with Gasteiger partial charge in [-0.05, 0) is 43.3 Å². The van der Waals surface area contributed by atoms with E-state index in [4.69, 9.17) is 13.6 Å². The maximum absolute atomic E-state index is 12.7. The Hall–Kier alpha value is -3.39. The van der Waals surface area contributed by atoms with Crippen molar-refractivity contribution in [1.29, 1.82) is 0 Å². The number of methoxy groups -OCH3 is 1. The Morgan fingerprint density at radius 1 is 1.03 bits per heavy atom. The molecule has 0 aliphatic carbocycles. The van der Waals surface area contributed by atoms with Crippen molar-refractivity contribution in [1.82, 2.24) is 15.2 Å². The van der Waals surface area contributed by atoms with E-state index in [1.54, 1.807) is 50.0 Å². The largest absolute Gasteiger partial charge is 0.496 e. The lowest BCUT2D eigenvalue weighted by Crippen LogP contribution is -2.07. The van der Waals surface area contributed by atoms with Crippen molar-refractivity contribution in [2.45, 2.75) is 12.1 Å². The van der Waals surface area contributed by atoms with Crippen LogP contribution >= 0.6 is 11.8 Å². The van der Waals surface area contributed by atoms with Crippen LogP contribution in [0.5, 0.6) is 5.75 Å². The van der Waals surface area contributed by atoms with Crippen molar-refractivity contribution in [3.63, 3.8) is 0 Å². The van der Waals surface area contributed by atoms with Crippen LogP contribution in [0.3, 0.4) is 0 Å². The van der Waals surface area contributed by atoms with Crippen LogP contribution in [0, 0.1) is 6.92 Å². The summed E-state index contributed by atoms with van der Waals surface area (Å²) in [6, 6.07) is 12.6. The predicted octanol–water partition coefficient (Wildman–Crippen LogP) is 4.68. The first kappa shape index (κ1) is 18.9. The molecule has 4 rings (SSSR count). The molecule has 1 aromatic carbocycles. The van der Waals surface area contributed by atoms with E-state index in [0.29, 0.717) is 39.4 Å². The molecule has 0 saturated carbocycles. The molecule has 0 fully saturated rings. The fourth-order valence-corrected chi connectivity index (χ4v) is 3.45. The van der Waals surface area contributed by atoms with Crippen LogP contribution in [0.1, 0.15) is 15.9 Å². The Bertz CT molecular complexity index is 1130. The number of carbonyl (C=O) groups excluding carboxylic acids is 1. The van der Waals surface area contributed by atoms with E-state index >= 15 is 0 Å². The Morgan fingerprint density at radius 3 is 2.41 bits per heavy atom. The fraction of sp³-hybridized carbons (Fsp3) is 0.143. The quantitative estimate of drug-likeness (QED) is 0.322. The summed E-state index contributed by atoms with van der Waals surface area (Å²) in [5.74, 6) is 1.70. The van der Waals surface area contributed by atoms with E-state index in [1.807, 2.05) is 19.1 Å². The molecule has 29 heavy (non-hydrogen) atoms. The molecular formula is C21H17N3O4S. The minimum absolute atomic E-state index is 0.0752. The number of thioether (sulfide) groups is 1. The van der Waals surface area contributed by atoms with Crippen molar-refractivity contribution < 1.29 is 18.4 Å². The summed E-state index contributed by atoms with van der Waals surface area (Å²) in [6.45, 7) is 1.93. The van der Waals surface area contributed by atoms with Crippen molar-refractivity contribution in [2.24, 2.45) is 0 Å². The normalized spacial score (nSPS) is 10.8. The third-order valence-corrected chi connectivity index (χ3v) is 5.00. The van der Waals surface area contributed by atoms with Gasteiger partial charge < -0.3 is 13.6 Å². The number of ketones is 1. The number of hydrogen-bond acceptors (Lipinski definition) is 8. The molecule has 3 aromatic heterocycles. The second-order valence-corrected chi connectivity index (χ2v) is 7.10. The number of carbonyl (C=O) groups is 1. The number of hydrogen-bond donors (Lipinski definition) is 0. The molecule has 0 saturated heterocycles. The van der Waals surface area contributed by atoms with Gasteiger partial charge in [0, 0.05) is 0 Å². The zero-order chi connectivity index (χ0) is 20.2. The van der Waals surface area contributed by atoms with Gasteiger partial charge in [0.1, 0.15) is 11.4 Å². The van der Waals surface area contributed by atoms with Crippen LogP contribution in [0.2, 0.25) is 0 Å². The first-order valence-corrected chi connectivity index (χ1v) is 9.77. The molecule has 4 aromatic rings. The molecule has 0 radical (unpaired) electrons. The topological polar surface area (TPSA) is 91.2 Å². The molecule has 3 heterocycles. The second-order valence-electron chi connectivity index (χ2n) is 6.16. The highest BCUT2D eigenvalue weighted by Crippen LogP contribution is 2.31. The number of aromatic nitrogens is 3. The molecule has 0 aliphatic heterocycles. The summed E-state index contributed by atoms with van der Waals surface area (Å²) in [5, 5.41) is 8.77. The minimum Gasteiger partial charge on any atom is -0.496 e. The van der Waals surface area contributed by atoms with E-state index in [2.05, 4.69) is 15.2 Å². The SMILES string of the molecule is COc1ccc(C)cc1C(=O)CSc1nnc(-c2ccco2)c(-c2ccco2)n1. The number of benzene rings is 1. The monoisotopic (exact) mass is 407 g/mol. The minimum atomic E-state index is -0.0752. The molecule has 0 bridgehead atoms. The number of ether oxygens (including phenoxy) is 1. The first-order chi connectivity index (χ1) is 14.2. The Morgan fingerprint density at radius 2 is 1.76 bits per heavy atom. The van der Waals surface area contributed by atoms with Crippen molar-refractivity contribution in [2.75, 3.05) is 12.9 Å². The van der Waals surface area contributed by atoms with Crippen LogP contribution in [-0.2, 0) is 0 Å². The van der Waals surface area contributed by atoms with Gasteiger partial charge in [-0.3, -0.25) is 4.79 Å². The van der Waals surface area contributed by atoms with E-state index in [-0.39, 0.29) is 11.5 Å². The van der Waals surface area contributed by atoms with Crippen LogP contribution < -0.4 is 4.74 Å². The zero-order valence-electron chi connectivity index (χ0n) is 15.8. The summed E-state index contributed by atoms with van der Waals surface area (Å²) in [4.78, 5) is 17.3. The predicted molar refractivity (Wildman–Crippen MR) is 108 cm³/mol. The zero-order valence-corrected chi connectivity index (χ0v) is 16.6. The lowest BCUT2D eigenvalue weighted by atomic mass is 10.1. The summed E-state index contributed by atoms with van der Waals surface area (Å²) in [6.07, 6.45) is 3.11. The highest BCUT2D eigenvalue weighted by atomic mass is 32.2. The molecule has 8 heteroatoms. The molecule has 0 N–H and O–H groups in total. The number of nitrogens with zero attached hydrogens (tertiary/aromatic N) is 3. The van der Waals surface area contributed by atoms with Gasteiger partial charge in [0.25, 0.3) is 0 Å². The Kier molecular flexibility index (Phi) is 5.44. The van der Waals surface area contributed by atoms with Gasteiger partial charge in [-0.25, -0.2) is 4.98 Å². The van der Waals surface area contributed by atoms with E-state index in [0.717, 1.165) is 5.56 Å². The number of rotatable bonds is 7. The summed E-state index contributed by atoms with van der Waals surface area (Å²) < 4.78 is 16.2. The third-order valence-electron chi connectivity index (χ3n) is 4.16. The van der Waals surface area contributed by atoms with Gasteiger partial charge in [0.05, 0.1) is 31.0 Å². The van der Waals surface area contributed by atoms with Crippen LogP contribution in [0.4, 0.5) is 0 Å². The molecule has 0 aliphatic rings. The van der Waals surface area contributed by atoms with Gasteiger partial charge in [0.15, 0.2) is 23.0 Å². The van der Waals surface area contributed by atoms with Gasteiger partial charge >= 0.3 is 0 Å². The maximum Gasteiger partial charge on any atom is 0.210 e. The fourth-order valence-electron chi connectivity index (χ4n) is 2.78. The van der Waals surface area contributed by atoms with Crippen molar-refractivity contribution in [3.8, 4) is 28.7 Å². The molecular weight excluding hydrogens is 390 g/mol. The third kappa shape index (κ3) is 4.07. The smallest absolute Gasteiger partial charge is 0.210 e. The van der Waals surface area contributed by atoms with E-state index in [1.165, 1.54) is 11.8 Å². The molecule has 7 nitrogen and oxygen atoms in total. The van der Waals surface area contributed by atoms with Crippen molar-refractivity contribution in [3.05, 3.63) is 66.1 Å². The average molecular weight is 407 g/mol. The summed E-state index contributed by atoms with van der Waals surface area (Å²) >= 11 is 1.20. The van der Waals surface area contributed by atoms with Gasteiger partial charge in [-0.2, -0.15) is 0 Å². The van der Waals surface area contributed by atoms with E-state index in [9.17, 15) is 4.79 Å². The lowest BCUT2D eigenvalue weighted by Gasteiger charge is -2.08. The van der Waals surface area contributed by atoms with E-state index < -0.39 is 0 Å². The van der Waals surface area contributed by atoms with Gasteiger partial charge in [-0.1, -0.05) is 23.4 Å². The standard InChI is InChI=1S/C21H17N3O4S/c1-13-7-8-16(26-2)14(11-13)15(25)12-29-21-22-19(17-5-3-9-27-17)20(23-24-21)18-6-4-10-28-18/h3-11H,12H2,1-2H3. The summed E-state index contributed by atoms with van der Waals surface area (Å²) in [7, 11) is 1.55. The van der Waals surface area contributed by atoms with Crippen LogP contribution in [-0.4, -0.2) is 33.8 Å². The highest BCUT2D eigenvalue weighted by molar-refractivity contribution is 7.99.